The van der Waals surface area contributed by atoms with Crippen LogP contribution in [0.4, 0.5) is 5.69 Å². The van der Waals surface area contributed by atoms with Crippen molar-refractivity contribution in [3.05, 3.63) is 41.5 Å². The molecule has 0 radical (unpaired) electrons. The van der Waals surface area contributed by atoms with Gasteiger partial charge in [0.15, 0.2) is 5.82 Å². The Morgan fingerprint density at radius 1 is 1.39 bits per heavy atom. The lowest BCUT2D eigenvalue weighted by atomic mass is 10.1. The minimum atomic E-state index is -0.179. The first-order valence-corrected chi connectivity index (χ1v) is 7.66. The molecule has 1 aromatic carbocycles. The van der Waals surface area contributed by atoms with Crippen molar-refractivity contribution >= 4 is 11.6 Å². The number of nitrogens with zero attached hydrogens (tertiary/aromatic N) is 2. The van der Waals surface area contributed by atoms with Gasteiger partial charge in [-0.3, -0.25) is 4.79 Å². The van der Waals surface area contributed by atoms with E-state index in [9.17, 15) is 4.79 Å². The molecule has 0 spiro atoms. The standard InChI is InChI=1S/C16H20N4O3/c1-10-3-5-12(6-4-10)18-14(21)9-13-19-16(23-20-13)15-11(2)22-8-7-17-15/h3-6,11,15,17H,7-9H2,1-2H3,(H,18,21)/t11-,15+/m1/s1. The molecule has 1 fully saturated rings. The van der Waals surface area contributed by atoms with Gasteiger partial charge in [-0.25, -0.2) is 0 Å². The highest BCUT2D eigenvalue weighted by molar-refractivity contribution is 5.91. The van der Waals surface area contributed by atoms with Gasteiger partial charge in [-0.15, -0.1) is 0 Å². The third-order valence-electron chi connectivity index (χ3n) is 3.72. The zero-order chi connectivity index (χ0) is 16.2. The number of amides is 1. The first kappa shape index (κ1) is 15.6. The van der Waals surface area contributed by atoms with E-state index in [4.69, 9.17) is 9.26 Å². The number of ether oxygens (including phenoxy) is 1. The summed E-state index contributed by atoms with van der Waals surface area (Å²) in [6.07, 6.45) is 0.0257. The fourth-order valence-corrected chi connectivity index (χ4v) is 2.46. The Morgan fingerprint density at radius 2 is 2.17 bits per heavy atom. The SMILES string of the molecule is Cc1ccc(NC(=O)Cc2noc([C@H]3NCCO[C@@H]3C)n2)cc1. The molecular weight excluding hydrogens is 296 g/mol. The highest BCUT2D eigenvalue weighted by Crippen LogP contribution is 2.20. The van der Waals surface area contributed by atoms with Crippen LogP contribution in [0.2, 0.25) is 0 Å². The van der Waals surface area contributed by atoms with E-state index in [0.717, 1.165) is 17.8 Å². The summed E-state index contributed by atoms with van der Waals surface area (Å²) in [6.45, 7) is 5.35. The number of aromatic nitrogens is 2. The lowest BCUT2D eigenvalue weighted by Gasteiger charge is -2.27. The molecule has 1 aliphatic heterocycles. The van der Waals surface area contributed by atoms with Crippen LogP contribution >= 0.6 is 0 Å². The van der Waals surface area contributed by atoms with Crippen molar-refractivity contribution in [2.24, 2.45) is 0 Å². The maximum atomic E-state index is 12.0. The third kappa shape index (κ3) is 3.94. The average Bonchev–Trinajstić information content (AvgIpc) is 2.98. The molecule has 0 bridgehead atoms. The molecule has 0 unspecified atom stereocenters. The van der Waals surface area contributed by atoms with Crippen molar-refractivity contribution in [2.45, 2.75) is 32.4 Å². The highest BCUT2D eigenvalue weighted by Gasteiger charge is 2.28. The molecule has 1 saturated heterocycles. The van der Waals surface area contributed by atoms with Gasteiger partial charge in [0.05, 0.1) is 19.1 Å². The van der Waals surface area contributed by atoms with E-state index in [0.29, 0.717) is 18.3 Å². The second-order valence-electron chi connectivity index (χ2n) is 5.65. The summed E-state index contributed by atoms with van der Waals surface area (Å²) in [7, 11) is 0. The normalized spacial score (nSPS) is 21.1. The largest absolute Gasteiger partial charge is 0.375 e. The molecule has 7 nitrogen and oxygen atoms in total. The number of hydrogen-bond acceptors (Lipinski definition) is 6. The Morgan fingerprint density at radius 3 is 2.91 bits per heavy atom. The monoisotopic (exact) mass is 316 g/mol. The van der Waals surface area contributed by atoms with E-state index >= 15 is 0 Å². The van der Waals surface area contributed by atoms with Crippen LogP contribution in [-0.2, 0) is 16.0 Å². The van der Waals surface area contributed by atoms with Crippen molar-refractivity contribution in [3.63, 3.8) is 0 Å². The van der Waals surface area contributed by atoms with Crippen molar-refractivity contribution in [1.29, 1.82) is 0 Å². The summed E-state index contributed by atoms with van der Waals surface area (Å²) >= 11 is 0. The van der Waals surface area contributed by atoms with Crippen molar-refractivity contribution in [2.75, 3.05) is 18.5 Å². The van der Waals surface area contributed by atoms with Crippen LogP contribution in [0.1, 0.15) is 30.2 Å². The Kier molecular flexibility index (Phi) is 4.68. The Balaban J connectivity index is 1.60. The Labute approximate surface area is 134 Å². The summed E-state index contributed by atoms with van der Waals surface area (Å²) in [5.41, 5.74) is 1.89. The molecule has 3 rings (SSSR count). The number of carbonyl (C=O) groups excluding carboxylic acids is 1. The zero-order valence-corrected chi connectivity index (χ0v) is 13.2. The topological polar surface area (TPSA) is 89.3 Å². The number of benzene rings is 1. The molecule has 23 heavy (non-hydrogen) atoms. The van der Waals surface area contributed by atoms with Gasteiger partial charge < -0.3 is 19.9 Å². The van der Waals surface area contributed by atoms with E-state index < -0.39 is 0 Å². The minimum Gasteiger partial charge on any atom is -0.375 e. The van der Waals surface area contributed by atoms with Crippen LogP contribution in [0, 0.1) is 6.92 Å². The Hall–Kier alpha value is -2.25. The van der Waals surface area contributed by atoms with Gasteiger partial charge >= 0.3 is 0 Å². The van der Waals surface area contributed by atoms with Crippen LogP contribution < -0.4 is 10.6 Å². The maximum absolute atomic E-state index is 12.0. The van der Waals surface area contributed by atoms with E-state index in [-0.39, 0.29) is 24.5 Å². The van der Waals surface area contributed by atoms with Crippen molar-refractivity contribution in [1.82, 2.24) is 15.5 Å². The molecule has 2 heterocycles. The van der Waals surface area contributed by atoms with E-state index in [1.165, 1.54) is 0 Å². The first-order chi connectivity index (χ1) is 11.1. The maximum Gasteiger partial charge on any atom is 0.246 e. The summed E-state index contributed by atoms with van der Waals surface area (Å²) in [5.74, 6) is 0.640. The van der Waals surface area contributed by atoms with Crippen LogP contribution in [0.25, 0.3) is 0 Å². The number of aryl methyl sites for hydroxylation is 1. The quantitative estimate of drug-likeness (QED) is 0.891. The second-order valence-corrected chi connectivity index (χ2v) is 5.65. The van der Waals surface area contributed by atoms with Gasteiger partial charge in [-0.2, -0.15) is 4.98 Å². The van der Waals surface area contributed by atoms with Crippen LogP contribution in [0.5, 0.6) is 0 Å². The fourth-order valence-electron chi connectivity index (χ4n) is 2.46. The zero-order valence-electron chi connectivity index (χ0n) is 13.2. The van der Waals surface area contributed by atoms with Crippen LogP contribution in [0.3, 0.4) is 0 Å². The number of morpholine rings is 1. The third-order valence-corrected chi connectivity index (χ3v) is 3.72. The molecule has 0 aliphatic carbocycles. The highest BCUT2D eigenvalue weighted by atomic mass is 16.5. The predicted octanol–water partition coefficient (Wildman–Crippen LogP) is 1.61. The molecule has 2 aromatic rings. The van der Waals surface area contributed by atoms with Gasteiger partial charge in [0.25, 0.3) is 0 Å². The van der Waals surface area contributed by atoms with Gasteiger partial charge in [0.2, 0.25) is 11.8 Å². The summed E-state index contributed by atoms with van der Waals surface area (Å²) in [5, 5.41) is 9.97. The van der Waals surface area contributed by atoms with Crippen molar-refractivity contribution < 1.29 is 14.1 Å². The van der Waals surface area contributed by atoms with E-state index in [1.54, 1.807) is 0 Å². The first-order valence-electron chi connectivity index (χ1n) is 7.66. The smallest absolute Gasteiger partial charge is 0.246 e. The van der Waals surface area contributed by atoms with Crippen LogP contribution in [-0.4, -0.2) is 35.3 Å². The van der Waals surface area contributed by atoms with Crippen molar-refractivity contribution in [3.8, 4) is 0 Å². The average molecular weight is 316 g/mol. The number of carbonyl (C=O) groups is 1. The van der Waals surface area contributed by atoms with E-state index in [2.05, 4.69) is 20.8 Å². The number of nitrogens with one attached hydrogen (secondary N) is 2. The second kappa shape index (κ2) is 6.89. The molecule has 1 amide bonds. The summed E-state index contributed by atoms with van der Waals surface area (Å²) in [4.78, 5) is 16.3. The van der Waals surface area contributed by atoms with Gasteiger partial charge in [-0.05, 0) is 26.0 Å². The lowest BCUT2D eigenvalue weighted by Crippen LogP contribution is -2.40. The van der Waals surface area contributed by atoms with Gasteiger partial charge in [0, 0.05) is 12.2 Å². The molecule has 7 heteroatoms. The lowest BCUT2D eigenvalue weighted by molar-refractivity contribution is -0.115. The molecule has 1 aliphatic rings. The van der Waals surface area contributed by atoms with Gasteiger partial charge in [0.1, 0.15) is 6.04 Å². The number of rotatable bonds is 4. The van der Waals surface area contributed by atoms with Gasteiger partial charge in [-0.1, -0.05) is 22.9 Å². The molecule has 2 N–H and O–H groups in total. The molecule has 122 valence electrons. The minimum absolute atomic E-state index is 0.0431. The molecule has 2 atom stereocenters. The van der Waals surface area contributed by atoms with Crippen LogP contribution in [0.15, 0.2) is 28.8 Å². The summed E-state index contributed by atoms with van der Waals surface area (Å²) in [6, 6.07) is 7.47. The Bertz CT molecular complexity index is 668. The molecule has 1 aromatic heterocycles. The number of hydrogen-bond donors (Lipinski definition) is 2. The predicted molar refractivity (Wildman–Crippen MR) is 84.0 cm³/mol. The molecule has 0 saturated carbocycles. The fraction of sp³-hybridized carbons (Fsp3) is 0.438. The molecular formula is C16H20N4O3. The summed E-state index contributed by atoms with van der Waals surface area (Å²) < 4.78 is 10.8. The number of anilines is 1. The van der Waals surface area contributed by atoms with E-state index in [1.807, 2.05) is 38.1 Å².